The average Bonchev–Trinajstić information content (AvgIpc) is 2.69. The summed E-state index contributed by atoms with van der Waals surface area (Å²) in [5.74, 6) is -2.30. The minimum atomic E-state index is -5.21. The quantitative estimate of drug-likeness (QED) is 0.329. The highest BCUT2D eigenvalue weighted by atomic mass is 31.2. The number of benzene rings is 2. The number of carbonyl (C=O) groups excluding carboxylic acids is 2. The van der Waals surface area contributed by atoms with Crippen LogP contribution in [0.1, 0.15) is 126 Å². The van der Waals surface area contributed by atoms with Gasteiger partial charge in [0.05, 0.1) is 11.1 Å². The normalized spacial score (nSPS) is 13.3. The van der Waals surface area contributed by atoms with E-state index in [1.807, 2.05) is 83.1 Å². The van der Waals surface area contributed by atoms with Crippen LogP contribution >= 0.6 is 7.82 Å². The Kier molecular flexibility index (Phi) is 8.54. The van der Waals surface area contributed by atoms with Crippen molar-refractivity contribution in [3.05, 3.63) is 57.6 Å². The second-order valence-corrected chi connectivity index (χ2v) is 15.4. The summed E-state index contributed by atoms with van der Waals surface area (Å²) in [5.41, 5.74) is -0.506. The molecule has 0 fully saturated rings. The summed E-state index contributed by atoms with van der Waals surface area (Å²) in [4.78, 5) is 36.4. The number of rotatable bonds is 4. The minimum absolute atomic E-state index is 0.0294. The van der Waals surface area contributed by atoms with Gasteiger partial charge in [-0.15, -0.1) is 0 Å². The molecule has 2 rings (SSSR count). The van der Waals surface area contributed by atoms with Crippen LogP contribution in [0, 0.1) is 0 Å². The standard InChI is InChI=1S/C30H43O8P/c1-27(2,3)19-13-17(14-20(23(19)31)28(4,5)6)25(33)37-39(35,36)38-26(34)18-15-21(29(7,8)9)24(32)22(16-18)30(10,11)12/h13-16,31-32H,1-12H3,(H,35,36). The zero-order chi connectivity index (χ0) is 30.5. The van der Waals surface area contributed by atoms with Gasteiger partial charge >= 0.3 is 19.8 Å². The summed E-state index contributed by atoms with van der Waals surface area (Å²) in [7, 11) is -5.21. The minimum Gasteiger partial charge on any atom is -0.507 e. The van der Waals surface area contributed by atoms with Gasteiger partial charge in [0.1, 0.15) is 11.5 Å². The third kappa shape index (κ3) is 7.64. The van der Waals surface area contributed by atoms with E-state index in [0.29, 0.717) is 22.3 Å². The van der Waals surface area contributed by atoms with Gasteiger partial charge in [-0.1, -0.05) is 83.1 Å². The second-order valence-electron chi connectivity index (χ2n) is 14.1. The lowest BCUT2D eigenvalue weighted by atomic mass is 9.78. The van der Waals surface area contributed by atoms with Gasteiger partial charge in [0.25, 0.3) is 0 Å². The Morgan fingerprint density at radius 2 is 0.769 bits per heavy atom. The Bertz CT molecular complexity index is 1160. The van der Waals surface area contributed by atoms with Gasteiger partial charge in [-0.2, -0.15) is 0 Å². The Labute approximate surface area is 232 Å². The number of phosphoric ester groups is 1. The van der Waals surface area contributed by atoms with Gasteiger partial charge in [0.2, 0.25) is 0 Å². The van der Waals surface area contributed by atoms with E-state index in [4.69, 9.17) is 9.05 Å². The molecule has 0 saturated heterocycles. The molecule has 0 aliphatic carbocycles. The maximum Gasteiger partial charge on any atom is 0.589 e. The van der Waals surface area contributed by atoms with E-state index < -0.39 is 41.4 Å². The highest BCUT2D eigenvalue weighted by molar-refractivity contribution is 7.48. The molecule has 2 aromatic carbocycles. The first-order valence-corrected chi connectivity index (χ1v) is 14.3. The van der Waals surface area contributed by atoms with Crippen molar-refractivity contribution in [1.29, 1.82) is 0 Å². The van der Waals surface area contributed by atoms with E-state index in [1.165, 1.54) is 24.3 Å². The summed E-state index contributed by atoms with van der Waals surface area (Å²) >= 11 is 0. The number of hydrogen-bond donors (Lipinski definition) is 3. The zero-order valence-corrected chi connectivity index (χ0v) is 26.0. The lowest BCUT2D eigenvalue weighted by Crippen LogP contribution is -2.20. The zero-order valence-electron chi connectivity index (χ0n) is 25.1. The fraction of sp³-hybridized carbons (Fsp3) is 0.533. The van der Waals surface area contributed by atoms with Crippen molar-refractivity contribution in [3.8, 4) is 11.5 Å². The highest BCUT2D eigenvalue weighted by Crippen LogP contribution is 2.47. The van der Waals surface area contributed by atoms with Crippen LogP contribution in [0.5, 0.6) is 11.5 Å². The topological polar surface area (TPSA) is 130 Å². The number of phenolic OH excluding ortho intramolecular Hbond substituents is 2. The van der Waals surface area contributed by atoms with Crippen LogP contribution in [0.4, 0.5) is 0 Å². The van der Waals surface area contributed by atoms with Crippen molar-refractivity contribution in [2.75, 3.05) is 0 Å². The van der Waals surface area contributed by atoms with E-state index in [1.54, 1.807) is 0 Å². The van der Waals surface area contributed by atoms with Crippen LogP contribution in [-0.4, -0.2) is 27.0 Å². The van der Waals surface area contributed by atoms with Gasteiger partial charge in [0, 0.05) is 22.3 Å². The van der Waals surface area contributed by atoms with Crippen LogP contribution in [0.2, 0.25) is 0 Å². The van der Waals surface area contributed by atoms with Crippen molar-refractivity contribution in [2.45, 2.75) is 105 Å². The van der Waals surface area contributed by atoms with E-state index in [2.05, 4.69) is 0 Å². The number of phosphoric acid groups is 1. The van der Waals surface area contributed by atoms with Crippen LogP contribution in [0.3, 0.4) is 0 Å². The molecule has 0 saturated carbocycles. The number of hydrogen-bond acceptors (Lipinski definition) is 7. The largest absolute Gasteiger partial charge is 0.589 e. The molecule has 39 heavy (non-hydrogen) atoms. The van der Waals surface area contributed by atoms with Gasteiger partial charge in [0.15, 0.2) is 0 Å². The van der Waals surface area contributed by atoms with Crippen molar-refractivity contribution in [2.24, 2.45) is 0 Å². The predicted molar refractivity (Wildman–Crippen MR) is 152 cm³/mol. The number of aromatic hydroxyl groups is 2. The molecule has 0 amide bonds. The Morgan fingerprint density at radius 3 is 0.949 bits per heavy atom. The van der Waals surface area contributed by atoms with Gasteiger partial charge in [-0.3, -0.25) is 4.89 Å². The summed E-state index contributed by atoms with van der Waals surface area (Å²) in [6.45, 7) is 22.3. The second kappa shape index (κ2) is 10.3. The molecule has 0 atom stereocenters. The van der Waals surface area contributed by atoms with Crippen LogP contribution in [0.25, 0.3) is 0 Å². The molecular formula is C30H43O8P. The maximum absolute atomic E-state index is 13.0. The molecule has 9 heteroatoms. The summed E-state index contributed by atoms with van der Waals surface area (Å²) < 4.78 is 22.4. The SMILES string of the molecule is CC(C)(C)c1cc(C(=O)OP(=O)(O)OC(=O)c2cc(C(C)(C)C)c(O)c(C(C)(C)C)c2)cc(C(C)(C)C)c1O. The molecule has 0 heterocycles. The molecule has 0 bridgehead atoms. The third-order valence-electron chi connectivity index (χ3n) is 6.32. The first-order valence-electron chi connectivity index (χ1n) is 12.8. The van der Waals surface area contributed by atoms with Gasteiger partial charge < -0.3 is 19.3 Å². The maximum atomic E-state index is 13.0. The molecule has 8 nitrogen and oxygen atoms in total. The molecule has 2 aromatic rings. The summed E-state index contributed by atoms with van der Waals surface area (Å²) in [6, 6.07) is 5.61. The lowest BCUT2D eigenvalue weighted by molar-refractivity contribution is 0.0565. The first kappa shape index (κ1) is 32.4. The van der Waals surface area contributed by atoms with Crippen LogP contribution in [-0.2, 0) is 35.3 Å². The van der Waals surface area contributed by atoms with E-state index in [0.717, 1.165) is 0 Å². The number of phenols is 2. The smallest absolute Gasteiger partial charge is 0.507 e. The third-order valence-corrected chi connectivity index (χ3v) is 7.11. The predicted octanol–water partition coefficient (Wildman–Crippen LogP) is 7.40. The average molecular weight is 563 g/mol. The molecule has 0 aliphatic rings. The Balaban J connectivity index is 2.47. The van der Waals surface area contributed by atoms with Crippen molar-refractivity contribution in [3.63, 3.8) is 0 Å². The summed E-state index contributed by atoms with van der Waals surface area (Å²) in [5, 5.41) is 21.8. The molecular weight excluding hydrogens is 519 g/mol. The molecule has 216 valence electrons. The van der Waals surface area contributed by atoms with Crippen LogP contribution in [0.15, 0.2) is 24.3 Å². The molecule has 0 spiro atoms. The van der Waals surface area contributed by atoms with E-state index in [9.17, 15) is 29.3 Å². The highest BCUT2D eigenvalue weighted by Gasteiger charge is 2.36. The first-order chi connectivity index (χ1) is 17.3. The van der Waals surface area contributed by atoms with Gasteiger partial charge in [-0.05, 0) is 45.9 Å². The molecule has 0 radical (unpaired) electrons. The molecule has 0 aliphatic heterocycles. The molecule has 0 unspecified atom stereocenters. The van der Waals surface area contributed by atoms with E-state index in [-0.39, 0.29) is 22.6 Å². The van der Waals surface area contributed by atoms with E-state index >= 15 is 0 Å². The fourth-order valence-electron chi connectivity index (χ4n) is 4.13. The Morgan fingerprint density at radius 1 is 0.564 bits per heavy atom. The van der Waals surface area contributed by atoms with Crippen molar-refractivity contribution in [1.82, 2.24) is 0 Å². The summed E-state index contributed by atoms with van der Waals surface area (Å²) in [6.07, 6.45) is 0. The van der Waals surface area contributed by atoms with Crippen LogP contribution < -0.4 is 0 Å². The Hall–Kier alpha value is -2.83. The van der Waals surface area contributed by atoms with Gasteiger partial charge in [-0.25, -0.2) is 14.2 Å². The fourth-order valence-corrected chi connectivity index (χ4v) is 4.79. The molecule has 3 N–H and O–H groups in total. The monoisotopic (exact) mass is 562 g/mol. The lowest BCUT2D eigenvalue weighted by Gasteiger charge is -2.28. The number of carbonyl (C=O) groups is 2. The van der Waals surface area contributed by atoms with Crippen molar-refractivity contribution >= 4 is 19.8 Å². The van der Waals surface area contributed by atoms with Crippen molar-refractivity contribution < 1.29 is 38.3 Å². The molecule has 0 aromatic heterocycles.